The molecule has 2 rings (SSSR count). The zero-order chi connectivity index (χ0) is 11.2. The number of hydrogen-bond donors (Lipinski definition) is 2. The summed E-state index contributed by atoms with van der Waals surface area (Å²) in [5, 5.41) is 3.28. The summed E-state index contributed by atoms with van der Waals surface area (Å²) in [6.45, 7) is 0.964. The molecule has 0 aromatic carbocycles. The van der Waals surface area contributed by atoms with Gasteiger partial charge < -0.3 is 11.1 Å². The molecule has 1 saturated carbocycles. The van der Waals surface area contributed by atoms with E-state index in [1.807, 2.05) is 0 Å². The van der Waals surface area contributed by atoms with Gasteiger partial charge in [-0.2, -0.15) is 0 Å². The van der Waals surface area contributed by atoms with Gasteiger partial charge in [0.05, 0.1) is 11.9 Å². The molecule has 16 heavy (non-hydrogen) atoms. The largest absolute Gasteiger partial charge is 0.394 e. The molecular weight excluding hydrogens is 200 g/mol. The van der Waals surface area contributed by atoms with E-state index in [0.29, 0.717) is 5.69 Å². The van der Waals surface area contributed by atoms with Crippen LogP contribution in [-0.4, -0.2) is 16.5 Å². The van der Waals surface area contributed by atoms with Gasteiger partial charge in [0.1, 0.15) is 6.33 Å². The lowest BCUT2D eigenvalue weighted by molar-refractivity contribution is 0.345. The minimum atomic E-state index is 0.631. The van der Waals surface area contributed by atoms with Crippen LogP contribution in [0.4, 0.5) is 11.5 Å². The number of nitrogens with two attached hydrogens (primary N) is 1. The summed E-state index contributed by atoms with van der Waals surface area (Å²) in [5.41, 5.74) is 6.38. The van der Waals surface area contributed by atoms with Crippen LogP contribution in [0.1, 0.15) is 38.5 Å². The molecule has 1 heterocycles. The van der Waals surface area contributed by atoms with Crippen LogP contribution in [0, 0.1) is 5.92 Å². The minimum Gasteiger partial charge on any atom is -0.394 e. The quantitative estimate of drug-likeness (QED) is 0.818. The fraction of sp³-hybridized carbons (Fsp3) is 0.667. The van der Waals surface area contributed by atoms with Crippen molar-refractivity contribution < 1.29 is 0 Å². The van der Waals surface area contributed by atoms with Crippen molar-refractivity contribution in [2.75, 3.05) is 17.6 Å². The molecule has 0 saturated heterocycles. The van der Waals surface area contributed by atoms with Crippen molar-refractivity contribution in [2.24, 2.45) is 5.92 Å². The molecule has 0 aliphatic heterocycles. The first-order chi connectivity index (χ1) is 7.86. The maximum absolute atomic E-state index is 5.75. The molecule has 0 amide bonds. The second-order valence-electron chi connectivity index (χ2n) is 4.55. The van der Waals surface area contributed by atoms with Gasteiger partial charge in [-0.3, -0.25) is 0 Å². The van der Waals surface area contributed by atoms with Gasteiger partial charge >= 0.3 is 0 Å². The Hall–Kier alpha value is -1.32. The molecule has 1 aliphatic carbocycles. The Bertz CT molecular complexity index is 321. The second-order valence-corrected chi connectivity index (χ2v) is 4.55. The fourth-order valence-corrected chi connectivity index (χ4v) is 2.36. The van der Waals surface area contributed by atoms with Gasteiger partial charge in [-0.25, -0.2) is 9.97 Å². The van der Waals surface area contributed by atoms with Gasteiger partial charge in [-0.05, 0) is 12.3 Å². The van der Waals surface area contributed by atoms with Crippen molar-refractivity contribution in [3.05, 3.63) is 12.5 Å². The number of rotatable bonds is 4. The van der Waals surface area contributed by atoms with Crippen LogP contribution >= 0.6 is 0 Å². The molecule has 0 unspecified atom stereocenters. The molecule has 0 atom stereocenters. The zero-order valence-electron chi connectivity index (χ0n) is 9.65. The van der Waals surface area contributed by atoms with Crippen LogP contribution in [-0.2, 0) is 0 Å². The third kappa shape index (κ3) is 3.08. The first-order valence-electron chi connectivity index (χ1n) is 6.15. The summed E-state index contributed by atoms with van der Waals surface area (Å²) in [6, 6.07) is 0. The van der Waals surface area contributed by atoms with Crippen molar-refractivity contribution in [1.29, 1.82) is 0 Å². The van der Waals surface area contributed by atoms with Crippen LogP contribution in [0.5, 0.6) is 0 Å². The van der Waals surface area contributed by atoms with Crippen LogP contribution in [0.2, 0.25) is 0 Å². The Morgan fingerprint density at radius 2 is 2.12 bits per heavy atom. The smallest absolute Gasteiger partial charge is 0.152 e. The van der Waals surface area contributed by atoms with Gasteiger partial charge in [0.15, 0.2) is 5.82 Å². The summed E-state index contributed by atoms with van der Waals surface area (Å²) in [7, 11) is 0. The van der Waals surface area contributed by atoms with Gasteiger partial charge in [-0.15, -0.1) is 0 Å². The van der Waals surface area contributed by atoms with Crippen molar-refractivity contribution in [3.63, 3.8) is 0 Å². The summed E-state index contributed by atoms with van der Waals surface area (Å²) in [6.07, 6.45) is 11.4. The average Bonchev–Trinajstić information content (AvgIpc) is 2.33. The lowest BCUT2D eigenvalue weighted by Gasteiger charge is -2.21. The Morgan fingerprint density at radius 3 is 2.88 bits per heavy atom. The highest BCUT2D eigenvalue weighted by Gasteiger charge is 2.12. The normalized spacial score (nSPS) is 17.2. The number of hydrogen-bond acceptors (Lipinski definition) is 4. The molecule has 88 valence electrons. The van der Waals surface area contributed by atoms with E-state index in [9.17, 15) is 0 Å². The zero-order valence-corrected chi connectivity index (χ0v) is 9.65. The van der Waals surface area contributed by atoms with Gasteiger partial charge in [0, 0.05) is 6.54 Å². The Balaban J connectivity index is 1.73. The van der Waals surface area contributed by atoms with E-state index in [4.69, 9.17) is 5.73 Å². The fourth-order valence-electron chi connectivity index (χ4n) is 2.36. The molecular formula is C12H20N4. The van der Waals surface area contributed by atoms with E-state index in [1.165, 1.54) is 44.9 Å². The molecule has 1 fully saturated rings. The summed E-state index contributed by atoms with van der Waals surface area (Å²) in [4.78, 5) is 7.98. The van der Waals surface area contributed by atoms with Crippen molar-refractivity contribution in [2.45, 2.75) is 38.5 Å². The van der Waals surface area contributed by atoms with Crippen molar-refractivity contribution in [3.8, 4) is 0 Å². The molecule has 1 aromatic heterocycles. The van der Waals surface area contributed by atoms with E-state index in [0.717, 1.165) is 18.3 Å². The summed E-state index contributed by atoms with van der Waals surface area (Å²) < 4.78 is 0. The van der Waals surface area contributed by atoms with Crippen molar-refractivity contribution >= 4 is 11.5 Å². The Kier molecular flexibility index (Phi) is 3.97. The molecule has 4 heteroatoms. The number of nitrogens with one attached hydrogen (secondary N) is 1. The van der Waals surface area contributed by atoms with E-state index < -0.39 is 0 Å². The molecule has 0 bridgehead atoms. The second kappa shape index (κ2) is 5.68. The first-order valence-corrected chi connectivity index (χ1v) is 6.15. The molecule has 1 aliphatic rings. The lowest BCUT2D eigenvalue weighted by atomic mass is 9.87. The topological polar surface area (TPSA) is 63.8 Å². The van der Waals surface area contributed by atoms with Crippen molar-refractivity contribution in [1.82, 2.24) is 9.97 Å². The average molecular weight is 220 g/mol. The summed E-state index contributed by atoms with van der Waals surface area (Å²) >= 11 is 0. The lowest BCUT2D eigenvalue weighted by Crippen LogP contribution is -2.13. The Morgan fingerprint density at radius 1 is 1.31 bits per heavy atom. The maximum Gasteiger partial charge on any atom is 0.152 e. The monoisotopic (exact) mass is 220 g/mol. The number of nitrogen functional groups attached to an aromatic ring is 1. The Labute approximate surface area is 96.7 Å². The van der Waals surface area contributed by atoms with Crippen LogP contribution < -0.4 is 11.1 Å². The van der Waals surface area contributed by atoms with Crippen LogP contribution in [0.3, 0.4) is 0 Å². The van der Waals surface area contributed by atoms with E-state index in [-0.39, 0.29) is 0 Å². The molecule has 1 aromatic rings. The molecule has 0 spiro atoms. The predicted octanol–water partition coefficient (Wildman–Crippen LogP) is 2.44. The van der Waals surface area contributed by atoms with Crippen LogP contribution in [0.15, 0.2) is 12.5 Å². The highest BCUT2D eigenvalue weighted by Crippen LogP contribution is 2.26. The SMILES string of the molecule is Nc1cncnc1NCCC1CCCCC1. The predicted molar refractivity (Wildman–Crippen MR) is 66.1 cm³/mol. The highest BCUT2D eigenvalue weighted by atomic mass is 15.0. The van der Waals surface area contributed by atoms with E-state index >= 15 is 0 Å². The minimum absolute atomic E-state index is 0.631. The third-order valence-electron chi connectivity index (χ3n) is 3.31. The molecule has 0 radical (unpaired) electrons. The first kappa shape index (κ1) is 11.2. The van der Waals surface area contributed by atoms with E-state index in [1.54, 1.807) is 6.20 Å². The van der Waals surface area contributed by atoms with Crippen LogP contribution in [0.25, 0.3) is 0 Å². The highest BCUT2D eigenvalue weighted by molar-refractivity contribution is 5.58. The van der Waals surface area contributed by atoms with Gasteiger partial charge in [0.25, 0.3) is 0 Å². The number of nitrogens with zero attached hydrogens (tertiary/aromatic N) is 2. The van der Waals surface area contributed by atoms with Gasteiger partial charge in [-0.1, -0.05) is 32.1 Å². The third-order valence-corrected chi connectivity index (χ3v) is 3.31. The van der Waals surface area contributed by atoms with E-state index in [2.05, 4.69) is 15.3 Å². The molecule has 3 N–H and O–H groups in total. The number of aromatic nitrogens is 2. The van der Waals surface area contributed by atoms with Gasteiger partial charge in [0.2, 0.25) is 0 Å². The summed E-state index contributed by atoms with van der Waals surface area (Å²) in [5.74, 6) is 1.66. The standard InChI is InChI=1S/C12H20N4/c13-11-8-14-9-16-12(11)15-7-6-10-4-2-1-3-5-10/h8-10H,1-7,13H2,(H,14,15,16). The molecule has 4 nitrogen and oxygen atoms in total. The maximum atomic E-state index is 5.75. The number of anilines is 2.